The van der Waals surface area contributed by atoms with Crippen molar-refractivity contribution in [2.24, 2.45) is 5.92 Å². The highest BCUT2D eigenvalue weighted by molar-refractivity contribution is 7.99. The molecule has 112 valence electrons. The van der Waals surface area contributed by atoms with Crippen LogP contribution < -0.4 is 10.6 Å². The first-order chi connectivity index (χ1) is 9.20. The Kier molecular flexibility index (Phi) is 7.41. The second-order valence-corrected chi connectivity index (χ2v) is 6.26. The van der Waals surface area contributed by atoms with Gasteiger partial charge in [0.05, 0.1) is 12.0 Å². The predicted octanol–water partition coefficient (Wildman–Crippen LogP) is 3.01. The second-order valence-electron chi connectivity index (χ2n) is 4.92. The van der Waals surface area contributed by atoms with Crippen LogP contribution in [0.15, 0.2) is 29.2 Å². The maximum atomic E-state index is 12.0. The molecule has 3 nitrogen and oxygen atoms in total. The van der Waals surface area contributed by atoms with Crippen LogP contribution in [0.25, 0.3) is 0 Å². The molecule has 0 saturated carbocycles. The van der Waals surface area contributed by atoms with Gasteiger partial charge in [0.25, 0.3) is 0 Å². The molecule has 0 aromatic heterocycles. The molecular weight excluding hydrogens is 292 g/mol. The lowest BCUT2D eigenvalue weighted by molar-refractivity contribution is -0.125. The van der Waals surface area contributed by atoms with E-state index in [0.717, 1.165) is 25.3 Å². The summed E-state index contributed by atoms with van der Waals surface area (Å²) in [5.74, 6) is 1.39. The second kappa shape index (κ2) is 8.55. The lowest BCUT2D eigenvalue weighted by atomic mass is 10.1. The van der Waals surface area contributed by atoms with Crippen molar-refractivity contribution in [3.8, 4) is 0 Å². The predicted molar refractivity (Wildman–Crippen MR) is 87.6 cm³/mol. The normalized spacial score (nSPS) is 19.2. The molecule has 1 aliphatic heterocycles. The molecule has 5 heteroatoms. The van der Waals surface area contributed by atoms with Crippen molar-refractivity contribution < 1.29 is 4.79 Å². The lowest BCUT2D eigenvalue weighted by Gasteiger charge is -2.17. The van der Waals surface area contributed by atoms with Crippen molar-refractivity contribution >= 4 is 30.1 Å². The SMILES string of the molecule is CCSc1ccc(C(C)NC(=O)C2CCNC2)cc1.Cl. The topological polar surface area (TPSA) is 41.1 Å². The minimum atomic E-state index is 0. The molecule has 0 bridgehead atoms. The highest BCUT2D eigenvalue weighted by Crippen LogP contribution is 2.21. The molecule has 2 N–H and O–H groups in total. The number of amides is 1. The van der Waals surface area contributed by atoms with Gasteiger partial charge in [-0.1, -0.05) is 19.1 Å². The molecule has 20 heavy (non-hydrogen) atoms. The number of rotatable bonds is 5. The zero-order valence-corrected chi connectivity index (χ0v) is 13.7. The van der Waals surface area contributed by atoms with E-state index in [2.05, 4.69) is 41.8 Å². The quantitative estimate of drug-likeness (QED) is 0.821. The zero-order valence-electron chi connectivity index (χ0n) is 12.0. The third-order valence-corrected chi connectivity index (χ3v) is 4.38. The monoisotopic (exact) mass is 314 g/mol. The van der Waals surface area contributed by atoms with Crippen molar-refractivity contribution in [2.75, 3.05) is 18.8 Å². The van der Waals surface area contributed by atoms with Crippen LogP contribution in [0.2, 0.25) is 0 Å². The molecule has 1 heterocycles. The van der Waals surface area contributed by atoms with Crippen molar-refractivity contribution in [3.63, 3.8) is 0 Å². The van der Waals surface area contributed by atoms with Crippen LogP contribution >= 0.6 is 24.2 Å². The molecule has 0 radical (unpaired) electrons. The molecule has 1 aromatic rings. The summed E-state index contributed by atoms with van der Waals surface area (Å²) in [4.78, 5) is 13.3. The van der Waals surface area contributed by atoms with Crippen molar-refractivity contribution in [2.45, 2.75) is 31.2 Å². The van der Waals surface area contributed by atoms with E-state index in [-0.39, 0.29) is 30.3 Å². The molecule has 1 aliphatic rings. The van der Waals surface area contributed by atoms with Gasteiger partial charge in [0.15, 0.2) is 0 Å². The van der Waals surface area contributed by atoms with Gasteiger partial charge < -0.3 is 10.6 Å². The number of carbonyl (C=O) groups excluding carboxylic acids is 1. The van der Waals surface area contributed by atoms with E-state index in [1.165, 1.54) is 10.5 Å². The van der Waals surface area contributed by atoms with Gasteiger partial charge in [0.2, 0.25) is 5.91 Å². The summed E-state index contributed by atoms with van der Waals surface area (Å²) in [5, 5.41) is 6.33. The van der Waals surface area contributed by atoms with Gasteiger partial charge in [-0.3, -0.25) is 4.79 Å². The number of thioether (sulfide) groups is 1. The Labute approximate surface area is 131 Å². The molecule has 1 saturated heterocycles. The van der Waals surface area contributed by atoms with E-state index in [4.69, 9.17) is 0 Å². The molecular formula is C15H23ClN2OS. The summed E-state index contributed by atoms with van der Waals surface area (Å²) in [5.41, 5.74) is 1.17. The standard InChI is InChI=1S/C15H22N2OS.ClH/c1-3-19-14-6-4-12(5-7-14)11(2)17-15(18)13-8-9-16-10-13;/h4-7,11,13,16H,3,8-10H2,1-2H3,(H,17,18);1H. The van der Waals surface area contributed by atoms with Crippen LogP contribution in [0.3, 0.4) is 0 Å². The fraction of sp³-hybridized carbons (Fsp3) is 0.533. The first-order valence-electron chi connectivity index (χ1n) is 6.94. The van der Waals surface area contributed by atoms with E-state index >= 15 is 0 Å². The number of hydrogen-bond acceptors (Lipinski definition) is 3. The minimum Gasteiger partial charge on any atom is -0.349 e. The first-order valence-corrected chi connectivity index (χ1v) is 7.93. The highest BCUT2D eigenvalue weighted by Gasteiger charge is 2.23. The Morgan fingerprint density at radius 1 is 1.45 bits per heavy atom. The summed E-state index contributed by atoms with van der Waals surface area (Å²) in [6, 6.07) is 8.55. The van der Waals surface area contributed by atoms with Crippen LogP contribution in [0.5, 0.6) is 0 Å². The average Bonchev–Trinajstić information content (AvgIpc) is 2.94. The Morgan fingerprint density at radius 2 is 2.15 bits per heavy atom. The molecule has 1 fully saturated rings. The Hall–Kier alpha value is -0.710. The van der Waals surface area contributed by atoms with E-state index in [0.29, 0.717) is 0 Å². The Morgan fingerprint density at radius 3 is 2.70 bits per heavy atom. The molecule has 0 aliphatic carbocycles. The van der Waals surface area contributed by atoms with Crippen LogP contribution in [0.1, 0.15) is 31.9 Å². The first kappa shape index (κ1) is 17.3. The van der Waals surface area contributed by atoms with Gasteiger partial charge in [0, 0.05) is 11.4 Å². The van der Waals surface area contributed by atoms with Gasteiger partial charge in [-0.25, -0.2) is 0 Å². The third kappa shape index (κ3) is 4.69. The average molecular weight is 315 g/mol. The van der Waals surface area contributed by atoms with Crippen molar-refractivity contribution in [1.29, 1.82) is 0 Å². The summed E-state index contributed by atoms with van der Waals surface area (Å²) < 4.78 is 0. The maximum absolute atomic E-state index is 12.0. The lowest BCUT2D eigenvalue weighted by Crippen LogP contribution is -2.33. The van der Waals surface area contributed by atoms with E-state index in [9.17, 15) is 4.79 Å². The molecule has 2 rings (SSSR count). The number of benzene rings is 1. The van der Waals surface area contributed by atoms with Gasteiger partial charge in [-0.15, -0.1) is 24.2 Å². The van der Waals surface area contributed by atoms with Crippen molar-refractivity contribution in [3.05, 3.63) is 29.8 Å². The van der Waals surface area contributed by atoms with E-state index < -0.39 is 0 Å². The van der Waals surface area contributed by atoms with Crippen LogP contribution in [-0.4, -0.2) is 24.7 Å². The summed E-state index contributed by atoms with van der Waals surface area (Å²) >= 11 is 1.83. The summed E-state index contributed by atoms with van der Waals surface area (Å²) in [6.07, 6.45) is 0.949. The van der Waals surface area contributed by atoms with E-state index in [1.54, 1.807) is 0 Å². The molecule has 0 spiro atoms. The third-order valence-electron chi connectivity index (χ3n) is 3.48. The maximum Gasteiger partial charge on any atom is 0.224 e. The largest absolute Gasteiger partial charge is 0.349 e. The van der Waals surface area contributed by atoms with Crippen LogP contribution in [-0.2, 0) is 4.79 Å². The van der Waals surface area contributed by atoms with Gasteiger partial charge in [-0.05, 0) is 43.3 Å². The number of carbonyl (C=O) groups is 1. The molecule has 2 atom stereocenters. The Balaban J connectivity index is 0.00000200. The zero-order chi connectivity index (χ0) is 13.7. The van der Waals surface area contributed by atoms with Gasteiger partial charge >= 0.3 is 0 Å². The van der Waals surface area contributed by atoms with Gasteiger partial charge in [-0.2, -0.15) is 0 Å². The number of halogens is 1. The van der Waals surface area contributed by atoms with Crippen molar-refractivity contribution in [1.82, 2.24) is 10.6 Å². The summed E-state index contributed by atoms with van der Waals surface area (Å²) in [6.45, 7) is 5.96. The molecule has 2 unspecified atom stereocenters. The smallest absolute Gasteiger partial charge is 0.224 e. The minimum absolute atomic E-state index is 0. The van der Waals surface area contributed by atoms with Crippen LogP contribution in [0.4, 0.5) is 0 Å². The summed E-state index contributed by atoms with van der Waals surface area (Å²) in [7, 11) is 0. The highest BCUT2D eigenvalue weighted by atomic mass is 35.5. The van der Waals surface area contributed by atoms with Crippen LogP contribution in [0, 0.1) is 5.92 Å². The van der Waals surface area contributed by atoms with E-state index in [1.807, 2.05) is 18.7 Å². The number of hydrogen-bond donors (Lipinski definition) is 2. The molecule has 1 aromatic carbocycles. The van der Waals surface area contributed by atoms with Gasteiger partial charge in [0.1, 0.15) is 0 Å². The molecule has 1 amide bonds. The number of nitrogens with one attached hydrogen (secondary N) is 2. The fourth-order valence-electron chi connectivity index (χ4n) is 2.31. The fourth-order valence-corrected chi connectivity index (χ4v) is 2.97. The Bertz CT molecular complexity index is 418.